The normalized spacial score (nSPS) is 10.5. The molecule has 0 spiro atoms. The van der Waals surface area contributed by atoms with Crippen LogP contribution in [0.4, 0.5) is 11.4 Å². The molecule has 8 heteroatoms. The number of hydrogen-bond donors (Lipinski definition) is 2. The minimum absolute atomic E-state index is 0.147. The molecule has 0 saturated carbocycles. The van der Waals surface area contributed by atoms with Gasteiger partial charge < -0.3 is 15.1 Å². The summed E-state index contributed by atoms with van der Waals surface area (Å²) in [6.07, 6.45) is 1.40. The molecule has 0 fully saturated rings. The zero-order chi connectivity index (χ0) is 20.2. The monoisotopic (exact) mass is 423 g/mol. The molecule has 0 unspecified atom stereocenters. The largest absolute Gasteiger partial charge is 0.459 e. The Morgan fingerprint density at radius 2 is 1.72 bits per heavy atom. The number of carbonyl (C=O) groups excluding carboxylic acids is 2. The number of amides is 2. The van der Waals surface area contributed by atoms with Crippen LogP contribution in [-0.2, 0) is 0 Å². The lowest BCUT2D eigenvalue weighted by atomic mass is 10.2. The number of benzene rings is 2. The van der Waals surface area contributed by atoms with Gasteiger partial charge in [0.1, 0.15) is 10.7 Å². The molecular formula is C21H14ClN3O3S. The first-order valence-corrected chi connectivity index (χ1v) is 9.82. The number of nitrogens with one attached hydrogen (secondary N) is 2. The number of thiazole rings is 1. The predicted octanol–water partition coefficient (Wildman–Crippen LogP) is 5.56. The number of anilines is 2. The van der Waals surface area contributed by atoms with Crippen LogP contribution in [0.3, 0.4) is 0 Å². The van der Waals surface area contributed by atoms with E-state index in [-0.39, 0.29) is 17.4 Å². The Bertz CT molecular complexity index is 1160. The van der Waals surface area contributed by atoms with E-state index < -0.39 is 5.91 Å². The molecule has 2 N–H and O–H groups in total. The molecule has 0 bridgehead atoms. The number of furan rings is 1. The van der Waals surface area contributed by atoms with Crippen molar-refractivity contribution in [1.82, 2.24) is 4.98 Å². The average molecular weight is 424 g/mol. The van der Waals surface area contributed by atoms with Crippen molar-refractivity contribution >= 4 is 46.1 Å². The van der Waals surface area contributed by atoms with Crippen LogP contribution in [0.5, 0.6) is 0 Å². The van der Waals surface area contributed by atoms with E-state index in [0.717, 1.165) is 10.6 Å². The Balaban J connectivity index is 1.54. The van der Waals surface area contributed by atoms with Gasteiger partial charge in [-0.05, 0) is 30.3 Å². The van der Waals surface area contributed by atoms with Crippen LogP contribution in [0.15, 0.2) is 76.7 Å². The summed E-state index contributed by atoms with van der Waals surface area (Å²) in [6, 6.07) is 17.6. The highest BCUT2D eigenvalue weighted by Crippen LogP contribution is 2.28. The molecule has 0 aliphatic rings. The topological polar surface area (TPSA) is 84.2 Å². The van der Waals surface area contributed by atoms with Crippen LogP contribution >= 0.6 is 22.9 Å². The molecule has 29 heavy (non-hydrogen) atoms. The fraction of sp³-hybridized carbons (Fsp3) is 0. The third-order valence-corrected chi connectivity index (χ3v) is 5.11. The van der Waals surface area contributed by atoms with E-state index >= 15 is 0 Å². The van der Waals surface area contributed by atoms with Gasteiger partial charge in [-0.3, -0.25) is 9.59 Å². The van der Waals surface area contributed by atoms with Crippen molar-refractivity contribution in [2.75, 3.05) is 10.6 Å². The lowest BCUT2D eigenvalue weighted by Gasteiger charge is -2.11. The van der Waals surface area contributed by atoms with E-state index in [2.05, 4.69) is 15.6 Å². The van der Waals surface area contributed by atoms with Crippen LogP contribution in [0.1, 0.15) is 21.0 Å². The molecule has 0 aliphatic carbocycles. The standard InChI is InChI=1S/C21H14ClN3O3S/c22-14-8-9-15(16(11-14)24-20(27)18-7-4-10-28-18)23-19(26)17-12-29-21(25-17)13-5-2-1-3-6-13/h1-12H,(H,23,26)(H,24,27). The van der Waals surface area contributed by atoms with Gasteiger partial charge in [0.2, 0.25) is 0 Å². The summed E-state index contributed by atoms with van der Waals surface area (Å²) in [5.41, 5.74) is 1.97. The predicted molar refractivity (Wildman–Crippen MR) is 114 cm³/mol. The third-order valence-electron chi connectivity index (χ3n) is 3.98. The van der Waals surface area contributed by atoms with E-state index in [1.807, 2.05) is 30.3 Å². The fourth-order valence-corrected chi connectivity index (χ4v) is 3.58. The van der Waals surface area contributed by atoms with E-state index in [4.69, 9.17) is 16.0 Å². The van der Waals surface area contributed by atoms with Gasteiger partial charge in [0, 0.05) is 16.0 Å². The Morgan fingerprint density at radius 1 is 0.931 bits per heavy atom. The minimum Gasteiger partial charge on any atom is -0.459 e. The maximum Gasteiger partial charge on any atom is 0.291 e. The van der Waals surface area contributed by atoms with Gasteiger partial charge >= 0.3 is 0 Å². The van der Waals surface area contributed by atoms with Crippen LogP contribution < -0.4 is 10.6 Å². The summed E-state index contributed by atoms with van der Waals surface area (Å²) >= 11 is 7.43. The van der Waals surface area contributed by atoms with E-state index in [1.165, 1.54) is 17.6 Å². The highest BCUT2D eigenvalue weighted by Gasteiger charge is 2.16. The lowest BCUT2D eigenvalue weighted by molar-refractivity contribution is 0.0993. The van der Waals surface area contributed by atoms with Crippen molar-refractivity contribution in [3.8, 4) is 10.6 Å². The Hall–Kier alpha value is -3.42. The molecule has 0 radical (unpaired) electrons. The van der Waals surface area contributed by atoms with Gasteiger partial charge in [-0.15, -0.1) is 11.3 Å². The number of carbonyl (C=O) groups is 2. The summed E-state index contributed by atoms with van der Waals surface area (Å²) in [7, 11) is 0. The van der Waals surface area contributed by atoms with Gasteiger partial charge in [0.15, 0.2) is 5.76 Å². The number of hydrogen-bond acceptors (Lipinski definition) is 5. The molecule has 2 amide bonds. The second-order valence-electron chi connectivity index (χ2n) is 5.98. The highest BCUT2D eigenvalue weighted by molar-refractivity contribution is 7.13. The first-order valence-electron chi connectivity index (χ1n) is 8.57. The first-order chi connectivity index (χ1) is 14.1. The SMILES string of the molecule is O=C(Nc1ccc(Cl)cc1NC(=O)c1ccco1)c1csc(-c2ccccc2)n1. The molecule has 4 rings (SSSR count). The molecule has 0 saturated heterocycles. The second kappa shape index (κ2) is 8.30. The summed E-state index contributed by atoms with van der Waals surface area (Å²) < 4.78 is 5.09. The van der Waals surface area contributed by atoms with Gasteiger partial charge in [0.25, 0.3) is 11.8 Å². The molecular weight excluding hydrogens is 410 g/mol. The quantitative estimate of drug-likeness (QED) is 0.440. The highest BCUT2D eigenvalue weighted by atomic mass is 35.5. The van der Waals surface area contributed by atoms with Crippen LogP contribution in [0.2, 0.25) is 5.02 Å². The van der Waals surface area contributed by atoms with Crippen molar-refractivity contribution in [1.29, 1.82) is 0 Å². The van der Waals surface area contributed by atoms with Crippen molar-refractivity contribution in [2.45, 2.75) is 0 Å². The smallest absolute Gasteiger partial charge is 0.291 e. The van der Waals surface area contributed by atoms with Gasteiger partial charge in [-0.2, -0.15) is 0 Å². The average Bonchev–Trinajstić information content (AvgIpc) is 3.43. The van der Waals surface area contributed by atoms with Crippen LogP contribution in [-0.4, -0.2) is 16.8 Å². The van der Waals surface area contributed by atoms with Gasteiger partial charge in [-0.1, -0.05) is 41.9 Å². The third kappa shape index (κ3) is 4.37. The van der Waals surface area contributed by atoms with Crippen molar-refractivity contribution < 1.29 is 14.0 Å². The first kappa shape index (κ1) is 18.9. The number of nitrogens with zero attached hydrogens (tertiary/aromatic N) is 1. The molecule has 2 aromatic heterocycles. The lowest BCUT2D eigenvalue weighted by Crippen LogP contribution is -2.16. The summed E-state index contributed by atoms with van der Waals surface area (Å²) in [6.45, 7) is 0. The van der Waals surface area contributed by atoms with E-state index in [1.54, 1.807) is 35.7 Å². The number of aromatic nitrogens is 1. The Kier molecular flexibility index (Phi) is 5.41. The van der Waals surface area contributed by atoms with E-state index in [9.17, 15) is 9.59 Å². The van der Waals surface area contributed by atoms with Crippen LogP contribution in [0, 0.1) is 0 Å². The zero-order valence-corrected chi connectivity index (χ0v) is 16.5. The molecule has 144 valence electrons. The number of halogens is 1. The molecule has 0 aliphatic heterocycles. The molecule has 2 aromatic carbocycles. The zero-order valence-electron chi connectivity index (χ0n) is 14.9. The molecule has 2 heterocycles. The maximum atomic E-state index is 12.7. The fourth-order valence-electron chi connectivity index (χ4n) is 2.60. The van der Waals surface area contributed by atoms with Crippen molar-refractivity contribution in [2.24, 2.45) is 0 Å². The Labute approximate surface area is 175 Å². The van der Waals surface area contributed by atoms with E-state index in [0.29, 0.717) is 16.4 Å². The van der Waals surface area contributed by atoms with Crippen molar-refractivity contribution in [3.05, 3.63) is 88.8 Å². The summed E-state index contributed by atoms with van der Waals surface area (Å²) in [5.74, 6) is -0.693. The maximum absolute atomic E-state index is 12.7. The Morgan fingerprint density at radius 3 is 2.48 bits per heavy atom. The molecule has 0 atom stereocenters. The van der Waals surface area contributed by atoms with Gasteiger partial charge in [0.05, 0.1) is 17.6 Å². The molecule has 6 nitrogen and oxygen atoms in total. The van der Waals surface area contributed by atoms with Gasteiger partial charge in [-0.25, -0.2) is 4.98 Å². The summed E-state index contributed by atoms with van der Waals surface area (Å²) in [5, 5.41) is 8.31. The second-order valence-corrected chi connectivity index (χ2v) is 7.27. The minimum atomic E-state index is -0.451. The molecule has 4 aromatic rings. The number of rotatable bonds is 5. The van der Waals surface area contributed by atoms with Crippen LogP contribution in [0.25, 0.3) is 10.6 Å². The van der Waals surface area contributed by atoms with Crippen molar-refractivity contribution in [3.63, 3.8) is 0 Å². The summed E-state index contributed by atoms with van der Waals surface area (Å²) in [4.78, 5) is 29.4.